The first-order valence-electron chi connectivity index (χ1n) is 9.46. The predicted octanol–water partition coefficient (Wildman–Crippen LogP) is 4.46. The Bertz CT molecular complexity index is 1010. The molecule has 0 fully saturated rings. The van der Waals surface area contributed by atoms with E-state index in [9.17, 15) is 9.18 Å². The van der Waals surface area contributed by atoms with Crippen molar-refractivity contribution in [2.75, 3.05) is 5.32 Å². The Balaban J connectivity index is 1.49. The van der Waals surface area contributed by atoms with E-state index in [-0.39, 0.29) is 11.7 Å². The van der Waals surface area contributed by atoms with Crippen LogP contribution in [0.1, 0.15) is 30.7 Å². The molecule has 2 aromatic carbocycles. The first kappa shape index (κ1) is 18.1. The normalized spacial score (nSPS) is 13.9. The number of benzene rings is 2. The van der Waals surface area contributed by atoms with Crippen molar-refractivity contribution in [1.29, 1.82) is 0 Å². The molecule has 3 aromatic rings. The van der Waals surface area contributed by atoms with Crippen molar-refractivity contribution in [2.24, 2.45) is 0 Å². The number of hydrogen-bond donors (Lipinski definition) is 1. The number of halogens is 1. The van der Waals surface area contributed by atoms with Crippen molar-refractivity contribution in [2.45, 2.75) is 32.2 Å². The van der Waals surface area contributed by atoms with Gasteiger partial charge in [0.15, 0.2) is 5.82 Å². The van der Waals surface area contributed by atoms with E-state index in [2.05, 4.69) is 20.1 Å². The molecule has 28 heavy (non-hydrogen) atoms. The maximum atomic E-state index is 12.9. The van der Waals surface area contributed by atoms with Gasteiger partial charge < -0.3 is 9.88 Å². The number of fused-ring (bicyclic) bond motifs is 1. The maximum absolute atomic E-state index is 12.9. The van der Waals surface area contributed by atoms with E-state index in [4.69, 9.17) is 0 Å². The zero-order valence-corrected chi connectivity index (χ0v) is 15.4. The molecule has 1 amide bonds. The Morgan fingerprint density at radius 2 is 1.93 bits per heavy atom. The molecule has 0 unspecified atom stereocenters. The smallest absolute Gasteiger partial charge is 0.248 e. The minimum absolute atomic E-state index is 0.249. The number of hydrogen-bond acceptors (Lipinski definition) is 3. The maximum Gasteiger partial charge on any atom is 0.248 e. The highest BCUT2D eigenvalue weighted by Crippen LogP contribution is 2.24. The Kier molecular flexibility index (Phi) is 5.28. The van der Waals surface area contributed by atoms with Crippen LogP contribution in [-0.2, 0) is 17.8 Å². The lowest BCUT2D eigenvalue weighted by Crippen LogP contribution is -2.08. The van der Waals surface area contributed by atoms with Gasteiger partial charge in [0, 0.05) is 30.3 Å². The summed E-state index contributed by atoms with van der Waals surface area (Å²) in [6, 6.07) is 13.6. The number of aromatic nitrogens is 3. The lowest BCUT2D eigenvalue weighted by molar-refractivity contribution is -0.111. The zero-order valence-electron chi connectivity index (χ0n) is 15.4. The van der Waals surface area contributed by atoms with Crippen LogP contribution < -0.4 is 5.32 Å². The predicted molar refractivity (Wildman–Crippen MR) is 107 cm³/mol. The second-order valence-electron chi connectivity index (χ2n) is 6.86. The molecule has 1 aliphatic rings. The number of nitrogens with zero attached hydrogens (tertiary/aromatic N) is 3. The topological polar surface area (TPSA) is 59.8 Å². The summed E-state index contributed by atoms with van der Waals surface area (Å²) in [5.41, 5.74) is 2.38. The third-order valence-electron chi connectivity index (χ3n) is 4.79. The van der Waals surface area contributed by atoms with Gasteiger partial charge in [0.1, 0.15) is 11.6 Å². The molecule has 1 N–H and O–H groups in total. The van der Waals surface area contributed by atoms with Crippen LogP contribution in [0.25, 0.3) is 17.5 Å². The van der Waals surface area contributed by atoms with E-state index < -0.39 is 0 Å². The van der Waals surface area contributed by atoms with Crippen LogP contribution in [0.5, 0.6) is 0 Å². The van der Waals surface area contributed by atoms with Gasteiger partial charge in [-0.05, 0) is 48.7 Å². The highest BCUT2D eigenvalue weighted by molar-refractivity contribution is 6.02. The fourth-order valence-electron chi connectivity index (χ4n) is 3.36. The molecular formula is C22H21FN4O. The van der Waals surface area contributed by atoms with Gasteiger partial charge >= 0.3 is 0 Å². The average molecular weight is 376 g/mol. The lowest BCUT2D eigenvalue weighted by Gasteiger charge is -2.09. The SMILES string of the molecule is O=C(/C=C/c1ccc(F)cc1)Nc1cccc(-c2nnc3n2CCCCC3)c1. The van der Waals surface area contributed by atoms with E-state index in [0.29, 0.717) is 5.69 Å². The molecule has 142 valence electrons. The molecule has 0 atom stereocenters. The van der Waals surface area contributed by atoms with Gasteiger partial charge in [0.05, 0.1) is 0 Å². The minimum Gasteiger partial charge on any atom is -0.322 e. The Labute approximate surface area is 162 Å². The van der Waals surface area contributed by atoms with E-state index in [1.54, 1.807) is 18.2 Å². The number of amides is 1. The van der Waals surface area contributed by atoms with Crippen LogP contribution in [0.2, 0.25) is 0 Å². The molecule has 0 bridgehead atoms. The zero-order chi connectivity index (χ0) is 19.3. The van der Waals surface area contributed by atoms with Gasteiger partial charge in [-0.25, -0.2) is 4.39 Å². The highest BCUT2D eigenvalue weighted by Gasteiger charge is 2.16. The summed E-state index contributed by atoms with van der Waals surface area (Å²) >= 11 is 0. The molecule has 0 saturated heterocycles. The summed E-state index contributed by atoms with van der Waals surface area (Å²) in [6.07, 6.45) is 7.52. The van der Waals surface area contributed by atoms with Crippen molar-refractivity contribution in [3.63, 3.8) is 0 Å². The number of nitrogens with one attached hydrogen (secondary N) is 1. The Hall–Kier alpha value is -3.28. The van der Waals surface area contributed by atoms with Crippen molar-refractivity contribution in [3.05, 3.63) is 71.8 Å². The summed E-state index contributed by atoms with van der Waals surface area (Å²) < 4.78 is 15.1. The molecule has 0 saturated carbocycles. The van der Waals surface area contributed by atoms with Crippen molar-refractivity contribution < 1.29 is 9.18 Å². The quantitative estimate of drug-likeness (QED) is 0.684. The first-order chi connectivity index (χ1) is 13.7. The van der Waals surface area contributed by atoms with Crippen molar-refractivity contribution >= 4 is 17.7 Å². The third kappa shape index (κ3) is 4.17. The average Bonchev–Trinajstić information content (AvgIpc) is 2.96. The van der Waals surface area contributed by atoms with Gasteiger partial charge in [-0.2, -0.15) is 0 Å². The van der Waals surface area contributed by atoms with E-state index in [1.807, 2.05) is 24.3 Å². The first-order valence-corrected chi connectivity index (χ1v) is 9.46. The summed E-state index contributed by atoms with van der Waals surface area (Å²) in [5, 5.41) is 11.6. The van der Waals surface area contributed by atoms with Crippen LogP contribution in [0.4, 0.5) is 10.1 Å². The molecule has 1 aromatic heterocycles. The Morgan fingerprint density at radius 3 is 2.79 bits per heavy atom. The molecule has 4 rings (SSSR count). The molecule has 6 heteroatoms. The number of carbonyl (C=O) groups excluding carboxylic acids is 1. The van der Waals surface area contributed by atoms with Gasteiger partial charge in [-0.15, -0.1) is 10.2 Å². The van der Waals surface area contributed by atoms with Gasteiger partial charge in [0.25, 0.3) is 0 Å². The fraction of sp³-hybridized carbons (Fsp3) is 0.227. The van der Waals surface area contributed by atoms with Gasteiger partial charge in [-0.1, -0.05) is 30.7 Å². The minimum atomic E-state index is -0.301. The molecule has 0 radical (unpaired) electrons. The number of aryl methyl sites for hydroxylation is 1. The molecule has 0 spiro atoms. The van der Waals surface area contributed by atoms with Crippen LogP contribution in [0.3, 0.4) is 0 Å². The third-order valence-corrected chi connectivity index (χ3v) is 4.79. The molecule has 0 aliphatic carbocycles. The molecular weight excluding hydrogens is 355 g/mol. The van der Waals surface area contributed by atoms with Crippen LogP contribution in [-0.4, -0.2) is 20.7 Å². The second-order valence-corrected chi connectivity index (χ2v) is 6.86. The summed E-state index contributed by atoms with van der Waals surface area (Å²) in [5.74, 6) is 1.32. The van der Waals surface area contributed by atoms with Crippen LogP contribution >= 0.6 is 0 Å². The number of rotatable bonds is 4. The van der Waals surface area contributed by atoms with E-state index in [0.717, 1.165) is 48.6 Å². The largest absolute Gasteiger partial charge is 0.322 e. The molecule has 1 aliphatic heterocycles. The van der Waals surface area contributed by atoms with E-state index in [1.165, 1.54) is 24.6 Å². The van der Waals surface area contributed by atoms with Gasteiger partial charge in [-0.3, -0.25) is 4.79 Å². The molecule has 2 heterocycles. The fourth-order valence-corrected chi connectivity index (χ4v) is 3.36. The molecule has 5 nitrogen and oxygen atoms in total. The van der Waals surface area contributed by atoms with Crippen LogP contribution in [0, 0.1) is 5.82 Å². The standard InChI is InChI=1S/C22H21FN4O/c23-18-11-8-16(9-12-18)10-13-21(28)24-19-6-4-5-17(15-19)22-26-25-20-7-2-1-3-14-27(20)22/h4-6,8-13,15H,1-3,7,14H2,(H,24,28)/b13-10+. The van der Waals surface area contributed by atoms with Crippen molar-refractivity contribution in [3.8, 4) is 11.4 Å². The number of carbonyl (C=O) groups is 1. The Morgan fingerprint density at radius 1 is 1.07 bits per heavy atom. The van der Waals surface area contributed by atoms with Crippen molar-refractivity contribution in [1.82, 2.24) is 14.8 Å². The highest BCUT2D eigenvalue weighted by atomic mass is 19.1. The van der Waals surface area contributed by atoms with Crippen LogP contribution in [0.15, 0.2) is 54.6 Å². The second kappa shape index (κ2) is 8.17. The van der Waals surface area contributed by atoms with Gasteiger partial charge in [0.2, 0.25) is 5.91 Å². The summed E-state index contributed by atoms with van der Waals surface area (Å²) in [4.78, 5) is 12.2. The lowest BCUT2D eigenvalue weighted by atomic mass is 10.1. The summed E-state index contributed by atoms with van der Waals surface area (Å²) in [6.45, 7) is 0.925. The number of anilines is 1. The summed E-state index contributed by atoms with van der Waals surface area (Å²) in [7, 11) is 0. The van der Waals surface area contributed by atoms with E-state index >= 15 is 0 Å². The monoisotopic (exact) mass is 376 g/mol.